The smallest absolute Gasteiger partial charge is 0.126 e. The highest BCUT2D eigenvalue weighted by Gasteiger charge is 2.07. The van der Waals surface area contributed by atoms with E-state index in [9.17, 15) is 4.39 Å². The van der Waals surface area contributed by atoms with Crippen LogP contribution in [0.2, 0.25) is 0 Å². The van der Waals surface area contributed by atoms with Crippen LogP contribution in [-0.4, -0.2) is 0 Å². The van der Waals surface area contributed by atoms with Crippen LogP contribution in [-0.2, 0) is 0 Å². The van der Waals surface area contributed by atoms with Crippen LogP contribution in [0.4, 0.5) is 4.39 Å². The maximum Gasteiger partial charge on any atom is 0.126 e. The van der Waals surface area contributed by atoms with Gasteiger partial charge >= 0.3 is 0 Å². The van der Waals surface area contributed by atoms with Crippen molar-refractivity contribution >= 4 is 12.4 Å². The molecule has 0 radical (unpaired) electrons. The Bertz CT molecular complexity index is 315. The third-order valence-corrected chi connectivity index (χ3v) is 2.74. The Balaban J connectivity index is 0.00000225. The largest absolute Gasteiger partial charge is 0.324 e. The zero-order valence-corrected chi connectivity index (χ0v) is 10.8. The van der Waals surface area contributed by atoms with Gasteiger partial charge in [-0.15, -0.1) is 12.4 Å². The molecule has 0 heterocycles. The summed E-state index contributed by atoms with van der Waals surface area (Å²) in [5, 5.41) is 0. The Labute approximate surface area is 104 Å². The molecule has 0 saturated heterocycles. The standard InChI is InChI=1S/C13H20FN.ClH/c1-3-4-5-6-13(15)11-8-7-10(2)12(14)9-11;/h7-9,13H,3-6,15H2,1-2H3;1H/t13-;/m0./s1. The summed E-state index contributed by atoms with van der Waals surface area (Å²) in [5.74, 6) is -0.154. The first kappa shape index (κ1) is 15.4. The number of nitrogens with two attached hydrogens (primary N) is 1. The van der Waals surface area contributed by atoms with Crippen LogP contribution < -0.4 is 5.73 Å². The number of aryl methyl sites for hydroxylation is 1. The van der Waals surface area contributed by atoms with Gasteiger partial charge in [-0.3, -0.25) is 0 Å². The van der Waals surface area contributed by atoms with E-state index in [1.165, 1.54) is 12.8 Å². The molecule has 2 N–H and O–H groups in total. The molecule has 16 heavy (non-hydrogen) atoms. The highest BCUT2D eigenvalue weighted by atomic mass is 35.5. The third kappa shape index (κ3) is 4.50. The lowest BCUT2D eigenvalue weighted by Gasteiger charge is -2.12. The van der Waals surface area contributed by atoms with Crippen LogP contribution in [0, 0.1) is 12.7 Å². The van der Waals surface area contributed by atoms with E-state index in [4.69, 9.17) is 5.73 Å². The molecular formula is C13H21ClFN. The van der Waals surface area contributed by atoms with E-state index in [1.54, 1.807) is 19.1 Å². The molecule has 0 bridgehead atoms. The van der Waals surface area contributed by atoms with Gasteiger partial charge in [0.1, 0.15) is 5.82 Å². The fraction of sp³-hybridized carbons (Fsp3) is 0.538. The topological polar surface area (TPSA) is 26.0 Å². The molecule has 1 aromatic rings. The Hall–Kier alpha value is -0.600. The van der Waals surface area contributed by atoms with Crippen LogP contribution in [0.1, 0.15) is 49.8 Å². The Morgan fingerprint density at radius 3 is 2.56 bits per heavy atom. The van der Waals surface area contributed by atoms with Gasteiger partial charge in [0, 0.05) is 6.04 Å². The predicted molar refractivity (Wildman–Crippen MR) is 69.5 cm³/mol. The number of unbranched alkanes of at least 4 members (excludes halogenated alkanes) is 2. The molecule has 0 unspecified atom stereocenters. The van der Waals surface area contributed by atoms with Gasteiger partial charge in [-0.25, -0.2) is 4.39 Å². The summed E-state index contributed by atoms with van der Waals surface area (Å²) < 4.78 is 13.3. The summed E-state index contributed by atoms with van der Waals surface area (Å²) in [6.07, 6.45) is 4.44. The van der Waals surface area contributed by atoms with Crippen LogP contribution in [0.15, 0.2) is 18.2 Å². The predicted octanol–water partition coefficient (Wildman–Crippen LogP) is 4.14. The zero-order valence-electron chi connectivity index (χ0n) is 10.0. The summed E-state index contributed by atoms with van der Waals surface area (Å²) in [4.78, 5) is 0. The first-order chi connectivity index (χ1) is 7.15. The molecule has 0 fully saturated rings. The minimum absolute atomic E-state index is 0. The monoisotopic (exact) mass is 245 g/mol. The molecule has 0 amide bonds. The number of benzene rings is 1. The van der Waals surface area contributed by atoms with Crippen molar-refractivity contribution in [3.05, 3.63) is 35.1 Å². The quantitative estimate of drug-likeness (QED) is 0.776. The lowest BCUT2D eigenvalue weighted by atomic mass is 10.00. The van der Waals surface area contributed by atoms with Gasteiger partial charge in [0.25, 0.3) is 0 Å². The van der Waals surface area contributed by atoms with E-state index >= 15 is 0 Å². The Morgan fingerprint density at radius 2 is 2.00 bits per heavy atom. The van der Waals surface area contributed by atoms with E-state index in [0.29, 0.717) is 5.56 Å². The minimum atomic E-state index is -0.154. The van der Waals surface area contributed by atoms with Gasteiger partial charge in [-0.05, 0) is 30.5 Å². The maximum atomic E-state index is 13.3. The third-order valence-electron chi connectivity index (χ3n) is 2.74. The van der Waals surface area contributed by atoms with Crippen molar-refractivity contribution in [2.45, 2.75) is 45.6 Å². The highest BCUT2D eigenvalue weighted by Crippen LogP contribution is 2.19. The van der Waals surface area contributed by atoms with Crippen LogP contribution in [0.5, 0.6) is 0 Å². The second kappa shape index (κ2) is 7.64. The molecule has 92 valence electrons. The average Bonchev–Trinajstić information content (AvgIpc) is 2.22. The van der Waals surface area contributed by atoms with Gasteiger partial charge in [-0.2, -0.15) is 0 Å². The summed E-state index contributed by atoms with van der Waals surface area (Å²) >= 11 is 0. The van der Waals surface area contributed by atoms with Crippen LogP contribution in [0.25, 0.3) is 0 Å². The van der Waals surface area contributed by atoms with Gasteiger partial charge < -0.3 is 5.73 Å². The molecule has 1 aromatic carbocycles. The number of halogens is 2. The second-order valence-electron chi connectivity index (χ2n) is 4.11. The number of hydrogen-bond donors (Lipinski definition) is 1. The molecule has 0 spiro atoms. The van der Waals surface area contributed by atoms with Crippen molar-refractivity contribution in [2.24, 2.45) is 5.73 Å². The molecule has 0 saturated carbocycles. The van der Waals surface area contributed by atoms with Crippen molar-refractivity contribution in [3.8, 4) is 0 Å². The second-order valence-corrected chi connectivity index (χ2v) is 4.11. The lowest BCUT2D eigenvalue weighted by molar-refractivity contribution is 0.570. The van der Waals surface area contributed by atoms with E-state index < -0.39 is 0 Å². The first-order valence-corrected chi connectivity index (χ1v) is 5.66. The number of hydrogen-bond acceptors (Lipinski definition) is 1. The number of rotatable bonds is 5. The summed E-state index contributed by atoms with van der Waals surface area (Å²) in [5.41, 5.74) is 7.58. The molecule has 3 heteroatoms. The van der Waals surface area contributed by atoms with E-state index in [-0.39, 0.29) is 24.3 Å². The fourth-order valence-electron chi connectivity index (χ4n) is 1.62. The lowest BCUT2D eigenvalue weighted by Crippen LogP contribution is -2.10. The fourth-order valence-corrected chi connectivity index (χ4v) is 1.62. The van der Waals surface area contributed by atoms with Crippen molar-refractivity contribution in [2.75, 3.05) is 0 Å². The van der Waals surface area contributed by atoms with Crippen molar-refractivity contribution in [3.63, 3.8) is 0 Å². The molecule has 0 aromatic heterocycles. The SMILES string of the molecule is CCCCC[C@H](N)c1ccc(C)c(F)c1.Cl. The highest BCUT2D eigenvalue weighted by molar-refractivity contribution is 5.85. The van der Waals surface area contributed by atoms with E-state index in [0.717, 1.165) is 18.4 Å². The zero-order chi connectivity index (χ0) is 11.3. The van der Waals surface area contributed by atoms with E-state index in [1.807, 2.05) is 6.07 Å². The van der Waals surface area contributed by atoms with Gasteiger partial charge in [0.2, 0.25) is 0 Å². The van der Waals surface area contributed by atoms with Gasteiger partial charge in [0.15, 0.2) is 0 Å². The maximum absolute atomic E-state index is 13.3. The molecule has 1 rings (SSSR count). The first-order valence-electron chi connectivity index (χ1n) is 5.66. The normalized spacial score (nSPS) is 12.0. The molecule has 1 atom stereocenters. The molecule has 0 aliphatic rings. The molecule has 1 nitrogen and oxygen atoms in total. The van der Waals surface area contributed by atoms with Crippen molar-refractivity contribution < 1.29 is 4.39 Å². The van der Waals surface area contributed by atoms with Crippen LogP contribution >= 0.6 is 12.4 Å². The van der Waals surface area contributed by atoms with Gasteiger partial charge in [-0.1, -0.05) is 38.3 Å². The summed E-state index contributed by atoms with van der Waals surface area (Å²) in [6, 6.07) is 5.26. The van der Waals surface area contributed by atoms with E-state index in [2.05, 4.69) is 6.92 Å². The van der Waals surface area contributed by atoms with Gasteiger partial charge in [0.05, 0.1) is 0 Å². The Kier molecular flexibility index (Phi) is 7.35. The Morgan fingerprint density at radius 1 is 1.31 bits per heavy atom. The van der Waals surface area contributed by atoms with Crippen LogP contribution in [0.3, 0.4) is 0 Å². The molecule has 0 aliphatic carbocycles. The minimum Gasteiger partial charge on any atom is -0.324 e. The van der Waals surface area contributed by atoms with Crippen molar-refractivity contribution in [1.29, 1.82) is 0 Å². The molecule has 0 aliphatic heterocycles. The molecular weight excluding hydrogens is 225 g/mol. The summed E-state index contributed by atoms with van der Waals surface area (Å²) in [7, 11) is 0. The summed E-state index contributed by atoms with van der Waals surface area (Å²) in [6.45, 7) is 3.93. The van der Waals surface area contributed by atoms with Crippen molar-refractivity contribution in [1.82, 2.24) is 0 Å². The average molecular weight is 246 g/mol.